The molecule has 1 heterocycles. The third kappa shape index (κ3) is 7.61. The van der Waals surface area contributed by atoms with E-state index in [-0.39, 0.29) is 17.6 Å². The van der Waals surface area contributed by atoms with Gasteiger partial charge in [-0.2, -0.15) is 0 Å². The molecule has 4 nitrogen and oxygen atoms in total. The van der Waals surface area contributed by atoms with Crippen LogP contribution in [0.4, 0.5) is 0 Å². The van der Waals surface area contributed by atoms with E-state index in [9.17, 15) is 0 Å². The maximum Gasteiger partial charge on any atom is 0.165 e. The van der Waals surface area contributed by atoms with Crippen LogP contribution >= 0.6 is 11.6 Å². The molecule has 5 atom stereocenters. The maximum absolute atomic E-state index is 6.91. The average Bonchev–Trinajstić information content (AvgIpc) is 3.68. The molecule has 1 saturated carbocycles. The number of hydrogen-bond acceptors (Lipinski definition) is 4. The average molecular weight is 552 g/mol. The molecule has 2 unspecified atom stereocenters. The molecular formula is C33H58ClNO3. The Hall–Kier alpha value is -0.970. The van der Waals surface area contributed by atoms with Crippen LogP contribution < -0.4 is 14.8 Å². The number of nitrogens with one attached hydrogen (secondary N) is 1. The molecule has 0 amide bonds. The Balaban J connectivity index is 0.00000247. The van der Waals surface area contributed by atoms with Crippen molar-refractivity contribution in [1.29, 1.82) is 0 Å². The first kappa shape index (κ1) is 33.2. The predicted molar refractivity (Wildman–Crippen MR) is 163 cm³/mol. The van der Waals surface area contributed by atoms with Crippen molar-refractivity contribution >= 4 is 11.6 Å². The molecule has 220 valence electrons. The van der Waals surface area contributed by atoms with E-state index in [0.29, 0.717) is 29.7 Å². The van der Waals surface area contributed by atoms with Crippen molar-refractivity contribution in [2.75, 3.05) is 32.7 Å². The molecule has 1 aromatic carbocycles. The summed E-state index contributed by atoms with van der Waals surface area (Å²) in [5, 5.41) is 3.90. The normalized spacial score (nSPS) is 23.1. The standard InChI is InChI=1S/C31H52ClNO3.C2H6/c1-9-24-14-16-26(35-18-17-32)28-27(24)31(10-2,29(36-28)22(4)34-8)25(20-33-19-23-12-13-23)15-11-21(3)30(5,6)7;1-2/h14,16,21-23,25,29,33H,9-13,15,17-20H2,1-8H3;1-2H3/t21-,22?,25?,29+,31+;/m1./s1. The van der Waals surface area contributed by atoms with Crippen LogP contribution in [-0.2, 0) is 16.6 Å². The van der Waals surface area contributed by atoms with Crippen LogP contribution in [0, 0.1) is 23.2 Å². The van der Waals surface area contributed by atoms with Crippen LogP contribution in [0.25, 0.3) is 0 Å². The minimum atomic E-state index is -0.148. The number of methoxy groups -OCH3 is 1. The number of fused-ring (bicyclic) bond motifs is 1. The molecule has 1 fully saturated rings. The van der Waals surface area contributed by atoms with Crippen LogP contribution in [0.5, 0.6) is 11.5 Å². The van der Waals surface area contributed by atoms with Crippen LogP contribution in [0.3, 0.4) is 0 Å². The van der Waals surface area contributed by atoms with Crippen molar-refractivity contribution < 1.29 is 14.2 Å². The van der Waals surface area contributed by atoms with Crippen molar-refractivity contribution in [3.8, 4) is 11.5 Å². The fraction of sp³-hybridized carbons (Fsp3) is 0.818. The van der Waals surface area contributed by atoms with Gasteiger partial charge in [0.2, 0.25) is 0 Å². The van der Waals surface area contributed by atoms with E-state index in [1.165, 1.54) is 30.4 Å². The first-order chi connectivity index (χ1) is 18.1. The molecule has 0 saturated heterocycles. The number of ether oxygens (including phenoxy) is 3. The van der Waals surface area contributed by atoms with Crippen molar-refractivity contribution in [3.05, 3.63) is 23.3 Å². The van der Waals surface area contributed by atoms with Crippen LogP contribution in [0.1, 0.15) is 106 Å². The molecule has 38 heavy (non-hydrogen) atoms. The maximum atomic E-state index is 6.91. The molecular weight excluding hydrogens is 494 g/mol. The summed E-state index contributed by atoms with van der Waals surface area (Å²) in [6.45, 7) is 22.9. The summed E-state index contributed by atoms with van der Waals surface area (Å²) in [4.78, 5) is 0. The van der Waals surface area contributed by atoms with E-state index in [4.69, 9.17) is 25.8 Å². The topological polar surface area (TPSA) is 39.7 Å². The van der Waals surface area contributed by atoms with Gasteiger partial charge in [0.05, 0.1) is 12.0 Å². The molecule has 1 aromatic rings. The summed E-state index contributed by atoms with van der Waals surface area (Å²) in [5.41, 5.74) is 2.87. The number of rotatable bonds is 15. The molecule has 2 aliphatic rings. The summed E-state index contributed by atoms with van der Waals surface area (Å²) >= 11 is 6.00. The summed E-state index contributed by atoms with van der Waals surface area (Å²) < 4.78 is 19.0. The Morgan fingerprint density at radius 3 is 2.34 bits per heavy atom. The first-order valence-electron chi connectivity index (χ1n) is 15.4. The van der Waals surface area contributed by atoms with Gasteiger partial charge in [-0.15, -0.1) is 11.6 Å². The van der Waals surface area contributed by atoms with Gasteiger partial charge < -0.3 is 19.5 Å². The van der Waals surface area contributed by atoms with Gasteiger partial charge in [-0.1, -0.05) is 61.5 Å². The minimum Gasteiger partial charge on any atom is -0.488 e. The lowest BCUT2D eigenvalue weighted by atomic mass is 9.61. The number of benzene rings is 1. The second kappa shape index (κ2) is 15.1. The van der Waals surface area contributed by atoms with E-state index in [1.807, 2.05) is 21.0 Å². The van der Waals surface area contributed by atoms with Crippen molar-refractivity contribution in [3.63, 3.8) is 0 Å². The fourth-order valence-electron chi connectivity index (χ4n) is 6.11. The van der Waals surface area contributed by atoms with Gasteiger partial charge in [-0.3, -0.25) is 0 Å². The number of halogens is 1. The highest BCUT2D eigenvalue weighted by Gasteiger charge is 2.56. The van der Waals surface area contributed by atoms with Gasteiger partial charge in [0, 0.05) is 18.1 Å². The first-order valence-corrected chi connectivity index (χ1v) is 15.9. The van der Waals surface area contributed by atoms with Crippen molar-refractivity contribution in [1.82, 2.24) is 5.32 Å². The van der Waals surface area contributed by atoms with Gasteiger partial charge in [-0.25, -0.2) is 0 Å². The highest BCUT2D eigenvalue weighted by Crippen LogP contribution is 2.57. The quantitative estimate of drug-likeness (QED) is 0.222. The van der Waals surface area contributed by atoms with Gasteiger partial charge in [0.25, 0.3) is 0 Å². The molecule has 5 heteroatoms. The van der Waals surface area contributed by atoms with Crippen LogP contribution in [-0.4, -0.2) is 44.9 Å². The minimum absolute atomic E-state index is 0.0334. The third-order valence-electron chi connectivity index (χ3n) is 9.20. The van der Waals surface area contributed by atoms with E-state index in [0.717, 1.165) is 49.8 Å². The Morgan fingerprint density at radius 2 is 1.82 bits per heavy atom. The SMILES string of the molecule is CC.CCc1ccc(OCCCl)c2c1[C@](CC)(C(CC[C@@H](C)C(C)(C)C)CNCC1CC1)[C@H](C(C)OC)O2. The third-order valence-corrected chi connectivity index (χ3v) is 9.35. The Morgan fingerprint density at radius 1 is 1.13 bits per heavy atom. The monoisotopic (exact) mass is 551 g/mol. The van der Waals surface area contributed by atoms with E-state index in [1.54, 1.807) is 0 Å². The molecule has 1 aliphatic carbocycles. The lowest BCUT2D eigenvalue weighted by molar-refractivity contribution is -0.0331. The molecule has 0 radical (unpaired) electrons. The smallest absolute Gasteiger partial charge is 0.165 e. The van der Waals surface area contributed by atoms with Gasteiger partial charge in [-0.05, 0) is 93.3 Å². The molecule has 0 aromatic heterocycles. The van der Waals surface area contributed by atoms with Crippen molar-refractivity contribution in [2.45, 2.75) is 118 Å². The lowest BCUT2D eigenvalue weighted by Crippen LogP contribution is -2.53. The molecule has 0 bridgehead atoms. The highest BCUT2D eigenvalue weighted by atomic mass is 35.5. The van der Waals surface area contributed by atoms with Crippen molar-refractivity contribution in [2.24, 2.45) is 23.2 Å². The second-order valence-corrected chi connectivity index (χ2v) is 12.7. The zero-order valence-corrected chi connectivity index (χ0v) is 27.0. The Kier molecular flexibility index (Phi) is 13.2. The van der Waals surface area contributed by atoms with Gasteiger partial charge in [0.1, 0.15) is 12.7 Å². The molecule has 0 spiro atoms. The zero-order valence-electron chi connectivity index (χ0n) is 26.2. The predicted octanol–water partition coefficient (Wildman–Crippen LogP) is 8.41. The lowest BCUT2D eigenvalue weighted by Gasteiger charge is -2.44. The number of hydrogen-bond donors (Lipinski definition) is 1. The molecule has 1 N–H and O–H groups in total. The Labute approximate surface area is 239 Å². The largest absolute Gasteiger partial charge is 0.488 e. The van der Waals surface area contributed by atoms with Crippen LogP contribution in [0.2, 0.25) is 0 Å². The van der Waals surface area contributed by atoms with E-state index in [2.05, 4.69) is 65.9 Å². The second-order valence-electron chi connectivity index (χ2n) is 12.3. The van der Waals surface area contributed by atoms with Gasteiger partial charge >= 0.3 is 0 Å². The summed E-state index contributed by atoms with van der Waals surface area (Å²) in [6, 6.07) is 4.33. The number of alkyl halides is 1. The number of aryl methyl sites for hydroxylation is 1. The molecule has 3 rings (SSSR count). The summed E-state index contributed by atoms with van der Waals surface area (Å²) in [5.74, 6) is 4.13. The summed E-state index contributed by atoms with van der Waals surface area (Å²) in [6.07, 6.45) is 6.98. The fourth-order valence-corrected chi connectivity index (χ4v) is 6.19. The summed E-state index contributed by atoms with van der Waals surface area (Å²) in [7, 11) is 1.81. The highest BCUT2D eigenvalue weighted by molar-refractivity contribution is 6.18. The molecule has 1 aliphatic heterocycles. The van der Waals surface area contributed by atoms with Crippen LogP contribution in [0.15, 0.2) is 12.1 Å². The Bertz CT molecular complexity index is 834. The van der Waals surface area contributed by atoms with Gasteiger partial charge in [0.15, 0.2) is 11.5 Å². The van der Waals surface area contributed by atoms with E-state index < -0.39 is 0 Å². The van der Waals surface area contributed by atoms with E-state index >= 15 is 0 Å². The zero-order chi connectivity index (χ0) is 28.5.